The van der Waals surface area contributed by atoms with Gasteiger partial charge in [0.2, 0.25) is 4.38 Å². The van der Waals surface area contributed by atoms with Gasteiger partial charge in [-0.25, -0.2) is 0 Å². The third kappa shape index (κ3) is 5.59. The highest BCUT2D eigenvalue weighted by Gasteiger charge is 1.98. The van der Waals surface area contributed by atoms with Gasteiger partial charge in [-0.1, -0.05) is 78.5 Å². The van der Waals surface area contributed by atoms with Crippen LogP contribution in [0.5, 0.6) is 0 Å². The largest absolute Gasteiger partial charge is 0.474 e. The molecule has 0 aliphatic carbocycles. The van der Waals surface area contributed by atoms with Crippen molar-refractivity contribution in [3.05, 3.63) is 77.9 Å². The van der Waals surface area contributed by atoms with Gasteiger partial charge in [0.25, 0.3) is 0 Å². The Morgan fingerprint density at radius 3 is 2.35 bits per heavy atom. The number of rotatable bonds is 5. The molecule has 0 aliphatic rings. The Kier molecular flexibility index (Phi) is 6.35. The molecule has 0 heterocycles. The smallest absolute Gasteiger partial charge is 0.220 e. The lowest BCUT2D eigenvalue weighted by molar-refractivity contribution is 0.371. The number of thiocarbonyl (C=S) groups is 1. The summed E-state index contributed by atoms with van der Waals surface area (Å²) in [5, 5.41) is 0. The summed E-state index contributed by atoms with van der Waals surface area (Å²) in [5.74, 6) is 0.849. The fourth-order valence-corrected chi connectivity index (χ4v) is 2.50. The van der Waals surface area contributed by atoms with Crippen molar-refractivity contribution >= 4 is 34.4 Å². The van der Waals surface area contributed by atoms with Gasteiger partial charge in [0.15, 0.2) is 0 Å². The predicted octanol–water partition coefficient (Wildman–Crippen LogP) is 4.93. The van der Waals surface area contributed by atoms with E-state index in [0.29, 0.717) is 11.0 Å². The van der Waals surface area contributed by atoms with E-state index in [1.807, 2.05) is 48.6 Å². The molecule has 2 rings (SSSR count). The minimum absolute atomic E-state index is 0.509. The topological polar surface area (TPSA) is 9.23 Å². The van der Waals surface area contributed by atoms with Crippen LogP contribution in [0.15, 0.2) is 66.7 Å². The van der Waals surface area contributed by atoms with Crippen LogP contribution in [0.3, 0.4) is 0 Å². The van der Waals surface area contributed by atoms with Crippen molar-refractivity contribution in [1.29, 1.82) is 0 Å². The Bertz CT molecular complexity index is 550. The fraction of sp³-hybridized carbons (Fsp3) is 0.118. The second-order valence-electron chi connectivity index (χ2n) is 4.15. The second-order valence-corrected chi connectivity index (χ2v) is 5.73. The van der Waals surface area contributed by atoms with Crippen LogP contribution >= 0.6 is 24.0 Å². The third-order valence-electron chi connectivity index (χ3n) is 2.61. The summed E-state index contributed by atoms with van der Waals surface area (Å²) >= 11 is 6.74. The Labute approximate surface area is 129 Å². The van der Waals surface area contributed by atoms with E-state index in [-0.39, 0.29) is 0 Å². The van der Waals surface area contributed by atoms with Crippen LogP contribution in [-0.2, 0) is 10.5 Å². The maximum atomic E-state index is 5.49. The summed E-state index contributed by atoms with van der Waals surface area (Å²) in [6.07, 6.45) is 4.01. The van der Waals surface area contributed by atoms with E-state index in [2.05, 4.69) is 24.3 Å². The third-order valence-corrected chi connectivity index (χ3v) is 3.91. The molecule has 0 bridgehead atoms. The van der Waals surface area contributed by atoms with Crippen LogP contribution in [0.2, 0.25) is 0 Å². The Hall–Kier alpha value is -1.58. The lowest BCUT2D eigenvalue weighted by Crippen LogP contribution is -1.97. The van der Waals surface area contributed by atoms with Crippen molar-refractivity contribution in [2.24, 2.45) is 0 Å². The van der Waals surface area contributed by atoms with Crippen LogP contribution in [-0.4, -0.2) is 11.0 Å². The summed E-state index contributed by atoms with van der Waals surface area (Å²) in [5.41, 5.74) is 2.42. The molecule has 0 spiro atoms. The molecule has 0 aliphatic heterocycles. The first-order valence-corrected chi connectivity index (χ1v) is 7.79. The Morgan fingerprint density at radius 2 is 1.65 bits per heavy atom. The van der Waals surface area contributed by atoms with Crippen LogP contribution in [0, 0.1) is 0 Å². The number of thioether (sulfide) groups is 1. The van der Waals surface area contributed by atoms with Gasteiger partial charge in [0, 0.05) is 5.75 Å². The quantitative estimate of drug-likeness (QED) is 0.724. The summed E-state index contributed by atoms with van der Waals surface area (Å²) in [6, 6.07) is 20.4. The normalized spacial score (nSPS) is 10.6. The van der Waals surface area contributed by atoms with Crippen molar-refractivity contribution in [2.45, 2.75) is 5.75 Å². The lowest BCUT2D eigenvalue weighted by Gasteiger charge is -2.04. The summed E-state index contributed by atoms with van der Waals surface area (Å²) < 4.78 is 6.08. The van der Waals surface area contributed by atoms with Crippen LogP contribution in [0.25, 0.3) is 6.08 Å². The van der Waals surface area contributed by atoms with E-state index in [4.69, 9.17) is 17.0 Å². The average Bonchev–Trinajstić information content (AvgIpc) is 2.52. The first-order valence-electron chi connectivity index (χ1n) is 6.39. The number of ether oxygens (including phenoxy) is 1. The predicted molar refractivity (Wildman–Crippen MR) is 91.8 cm³/mol. The molecule has 0 amide bonds. The van der Waals surface area contributed by atoms with Gasteiger partial charge < -0.3 is 4.74 Å². The van der Waals surface area contributed by atoms with E-state index in [9.17, 15) is 0 Å². The van der Waals surface area contributed by atoms with Gasteiger partial charge in [-0.05, 0) is 29.4 Å². The first-order chi connectivity index (χ1) is 9.84. The Morgan fingerprint density at radius 1 is 1.00 bits per heavy atom. The van der Waals surface area contributed by atoms with E-state index < -0.39 is 0 Å². The molecule has 0 radical (unpaired) electrons. The SMILES string of the molecule is S=C(OC/C=C/c1ccccc1)SCc1ccccc1. The van der Waals surface area contributed by atoms with Gasteiger partial charge in [-0.2, -0.15) is 0 Å². The van der Waals surface area contributed by atoms with E-state index >= 15 is 0 Å². The van der Waals surface area contributed by atoms with Gasteiger partial charge in [0.05, 0.1) is 0 Å². The monoisotopic (exact) mass is 300 g/mol. The summed E-state index contributed by atoms with van der Waals surface area (Å²) in [7, 11) is 0. The van der Waals surface area contributed by atoms with Crippen molar-refractivity contribution < 1.29 is 4.74 Å². The van der Waals surface area contributed by atoms with Crippen molar-refractivity contribution in [1.82, 2.24) is 0 Å². The van der Waals surface area contributed by atoms with Crippen LogP contribution < -0.4 is 0 Å². The molecule has 20 heavy (non-hydrogen) atoms. The van der Waals surface area contributed by atoms with Crippen LogP contribution in [0.4, 0.5) is 0 Å². The van der Waals surface area contributed by atoms with Crippen molar-refractivity contribution in [3.63, 3.8) is 0 Å². The zero-order valence-corrected chi connectivity index (χ0v) is 12.7. The molecule has 2 aromatic rings. The molecule has 102 valence electrons. The summed E-state index contributed by atoms with van der Waals surface area (Å²) in [6.45, 7) is 0.509. The molecule has 2 aromatic carbocycles. The molecule has 0 N–H and O–H groups in total. The highest BCUT2D eigenvalue weighted by atomic mass is 32.2. The minimum Gasteiger partial charge on any atom is -0.474 e. The molecule has 0 aromatic heterocycles. The second kappa shape index (κ2) is 8.56. The fourth-order valence-electron chi connectivity index (χ4n) is 1.62. The minimum atomic E-state index is 0.509. The zero-order valence-electron chi connectivity index (χ0n) is 11.1. The van der Waals surface area contributed by atoms with E-state index in [1.165, 1.54) is 11.1 Å². The molecule has 3 heteroatoms. The molecule has 0 atom stereocenters. The Balaban J connectivity index is 1.67. The summed E-state index contributed by atoms with van der Waals surface area (Å²) in [4.78, 5) is 0. The molecule has 0 saturated heterocycles. The van der Waals surface area contributed by atoms with E-state index in [0.717, 1.165) is 5.75 Å². The maximum Gasteiger partial charge on any atom is 0.220 e. The maximum absolute atomic E-state index is 5.49. The standard InChI is InChI=1S/C17H16OS2/c19-17(20-14-16-10-5-2-6-11-16)18-13-7-12-15-8-3-1-4-9-15/h1-12H,13-14H2/b12-7+. The first kappa shape index (κ1) is 14.8. The number of hydrogen-bond donors (Lipinski definition) is 0. The van der Waals surface area contributed by atoms with E-state index in [1.54, 1.807) is 11.8 Å². The molecule has 0 fully saturated rings. The van der Waals surface area contributed by atoms with Crippen molar-refractivity contribution in [2.75, 3.05) is 6.61 Å². The molecule has 0 saturated carbocycles. The molecule has 1 nitrogen and oxygen atoms in total. The van der Waals surface area contributed by atoms with Crippen molar-refractivity contribution in [3.8, 4) is 0 Å². The van der Waals surface area contributed by atoms with Crippen LogP contribution in [0.1, 0.15) is 11.1 Å². The average molecular weight is 300 g/mol. The molecular weight excluding hydrogens is 284 g/mol. The van der Waals surface area contributed by atoms with Gasteiger partial charge in [0.1, 0.15) is 6.61 Å². The number of hydrogen-bond acceptors (Lipinski definition) is 3. The highest BCUT2D eigenvalue weighted by Crippen LogP contribution is 2.14. The van der Waals surface area contributed by atoms with Gasteiger partial charge in [-0.15, -0.1) is 0 Å². The number of benzene rings is 2. The molecular formula is C17H16OS2. The lowest BCUT2D eigenvalue weighted by atomic mass is 10.2. The van der Waals surface area contributed by atoms with Gasteiger partial charge >= 0.3 is 0 Å². The highest BCUT2D eigenvalue weighted by molar-refractivity contribution is 8.22. The molecule has 0 unspecified atom stereocenters. The van der Waals surface area contributed by atoms with Gasteiger partial charge in [-0.3, -0.25) is 0 Å². The zero-order chi connectivity index (χ0) is 14.0.